The summed E-state index contributed by atoms with van der Waals surface area (Å²) in [7, 11) is -3.81. The lowest BCUT2D eigenvalue weighted by Gasteiger charge is -2.12. The molecule has 6 rings (SSSR count). The lowest BCUT2D eigenvalue weighted by atomic mass is 10.1. The summed E-state index contributed by atoms with van der Waals surface area (Å²) in [6.45, 7) is 1.08. The number of hydrogen-bond acceptors (Lipinski definition) is 9. The molecule has 6 aromatic rings. The van der Waals surface area contributed by atoms with E-state index in [1.165, 1.54) is 12.1 Å². The van der Waals surface area contributed by atoms with Gasteiger partial charge in [0.15, 0.2) is 5.76 Å². The molecule has 0 fully saturated rings. The highest BCUT2D eigenvalue weighted by atomic mass is 32.2. The maximum Gasteiger partial charge on any atom is 0.293 e. The molecular weight excluding hydrogens is 554 g/mol. The van der Waals surface area contributed by atoms with E-state index in [-0.39, 0.29) is 10.8 Å². The number of aliphatic hydroxyl groups excluding tert-OH is 1. The fourth-order valence-electron chi connectivity index (χ4n) is 4.43. The number of para-hydroxylation sites is 1. The van der Waals surface area contributed by atoms with Gasteiger partial charge in [0.2, 0.25) is 5.82 Å². The summed E-state index contributed by atoms with van der Waals surface area (Å²) in [4.78, 5) is 8.53. The van der Waals surface area contributed by atoms with Gasteiger partial charge < -0.3 is 19.4 Å². The van der Waals surface area contributed by atoms with Crippen LogP contribution in [0.15, 0.2) is 117 Å². The van der Waals surface area contributed by atoms with Crippen molar-refractivity contribution in [1.29, 1.82) is 0 Å². The predicted molar refractivity (Wildman–Crippen MR) is 158 cm³/mol. The summed E-state index contributed by atoms with van der Waals surface area (Å²) >= 11 is 0. The van der Waals surface area contributed by atoms with E-state index < -0.39 is 16.1 Å². The topological polar surface area (TPSA) is 143 Å². The highest BCUT2D eigenvalue weighted by Gasteiger charge is 2.18. The molecule has 3 N–H and O–H groups in total. The zero-order chi connectivity index (χ0) is 28.9. The Morgan fingerprint density at radius 3 is 2.50 bits per heavy atom. The molecule has 1 unspecified atom stereocenters. The highest BCUT2D eigenvalue weighted by molar-refractivity contribution is 7.92. The molecule has 42 heavy (non-hydrogen) atoms. The third-order valence-electron chi connectivity index (χ3n) is 6.69. The second kappa shape index (κ2) is 12.0. The molecule has 3 aromatic carbocycles. The molecule has 0 aliphatic rings. The number of rotatable bonds is 11. The Hall–Kier alpha value is -4.84. The molecule has 3 heterocycles. The average molecular weight is 582 g/mol. The smallest absolute Gasteiger partial charge is 0.293 e. The van der Waals surface area contributed by atoms with Gasteiger partial charge in [-0.2, -0.15) is 4.98 Å². The fraction of sp³-hybridized carbons (Fsp3) is 0.129. The van der Waals surface area contributed by atoms with Crippen molar-refractivity contribution >= 4 is 26.7 Å². The molecule has 0 spiro atoms. The van der Waals surface area contributed by atoms with Crippen LogP contribution >= 0.6 is 0 Å². The fourth-order valence-corrected chi connectivity index (χ4v) is 5.49. The van der Waals surface area contributed by atoms with Crippen molar-refractivity contribution < 1.29 is 22.5 Å². The first-order chi connectivity index (χ1) is 20.4. The van der Waals surface area contributed by atoms with Gasteiger partial charge in [-0.1, -0.05) is 41.6 Å². The van der Waals surface area contributed by atoms with Crippen LogP contribution in [0.1, 0.15) is 17.2 Å². The van der Waals surface area contributed by atoms with Crippen LogP contribution in [0.2, 0.25) is 0 Å². The SMILES string of the molecule is O=S(=O)(Nc1ccc(CCNCC(O)c2cccnc2)cc1)c1ccc(-c2noc(-c3cc4ccccc4o3)n2)cc1. The molecule has 3 aromatic heterocycles. The number of furan rings is 1. The third-order valence-corrected chi connectivity index (χ3v) is 8.09. The van der Waals surface area contributed by atoms with E-state index in [9.17, 15) is 13.5 Å². The minimum absolute atomic E-state index is 0.104. The second-order valence-corrected chi connectivity index (χ2v) is 11.3. The summed E-state index contributed by atoms with van der Waals surface area (Å²) in [6.07, 6.45) is 3.41. The highest BCUT2D eigenvalue weighted by Crippen LogP contribution is 2.29. The lowest BCUT2D eigenvalue weighted by molar-refractivity contribution is 0.174. The van der Waals surface area contributed by atoms with E-state index in [0.29, 0.717) is 41.5 Å². The van der Waals surface area contributed by atoms with Crippen LogP contribution in [0.5, 0.6) is 0 Å². The average Bonchev–Trinajstić information content (AvgIpc) is 3.68. The Labute approximate surface area is 242 Å². The Kier molecular flexibility index (Phi) is 7.78. The first-order valence-corrected chi connectivity index (χ1v) is 14.8. The molecule has 0 bridgehead atoms. The Morgan fingerprint density at radius 2 is 1.74 bits per heavy atom. The van der Waals surface area contributed by atoms with Crippen molar-refractivity contribution in [1.82, 2.24) is 20.4 Å². The van der Waals surface area contributed by atoms with Gasteiger partial charge in [-0.15, -0.1) is 0 Å². The van der Waals surface area contributed by atoms with Gasteiger partial charge in [-0.25, -0.2) is 8.42 Å². The zero-order valence-corrected chi connectivity index (χ0v) is 23.2. The summed E-state index contributed by atoms with van der Waals surface area (Å²) < 4.78 is 39.8. The number of hydrogen-bond donors (Lipinski definition) is 3. The number of nitrogens with one attached hydrogen (secondary N) is 2. The molecule has 0 saturated carbocycles. The van der Waals surface area contributed by atoms with Crippen molar-refractivity contribution in [3.63, 3.8) is 0 Å². The summed E-state index contributed by atoms with van der Waals surface area (Å²) in [5.41, 5.74) is 3.57. The predicted octanol–water partition coefficient (Wildman–Crippen LogP) is 5.21. The van der Waals surface area contributed by atoms with Gasteiger partial charge in [-0.3, -0.25) is 9.71 Å². The number of aromatic nitrogens is 3. The van der Waals surface area contributed by atoms with Crippen LogP contribution in [0, 0.1) is 0 Å². The Balaban J connectivity index is 1.04. The summed E-state index contributed by atoms with van der Waals surface area (Å²) in [5, 5.41) is 18.4. The van der Waals surface area contributed by atoms with Crippen molar-refractivity contribution in [2.45, 2.75) is 17.4 Å². The number of sulfonamides is 1. The third kappa shape index (κ3) is 6.23. The zero-order valence-electron chi connectivity index (χ0n) is 22.3. The molecule has 1 atom stereocenters. The van der Waals surface area contributed by atoms with Gasteiger partial charge in [0.25, 0.3) is 15.9 Å². The summed E-state index contributed by atoms with van der Waals surface area (Å²) in [6, 6.07) is 26.5. The molecule has 10 nitrogen and oxygen atoms in total. The first kappa shape index (κ1) is 27.3. The maximum atomic E-state index is 13.0. The van der Waals surface area contributed by atoms with Gasteiger partial charge in [0, 0.05) is 41.1 Å². The maximum absolute atomic E-state index is 13.0. The van der Waals surface area contributed by atoms with Crippen molar-refractivity contribution in [2.75, 3.05) is 17.8 Å². The normalized spacial score (nSPS) is 12.4. The van der Waals surface area contributed by atoms with E-state index in [1.54, 1.807) is 42.7 Å². The molecule has 11 heteroatoms. The van der Waals surface area contributed by atoms with Gasteiger partial charge in [0.1, 0.15) is 5.58 Å². The number of fused-ring (bicyclic) bond motifs is 1. The molecule has 0 aliphatic carbocycles. The lowest BCUT2D eigenvalue weighted by Crippen LogP contribution is -2.23. The number of aliphatic hydroxyl groups is 1. The quantitative estimate of drug-likeness (QED) is 0.176. The molecule has 0 saturated heterocycles. The van der Waals surface area contributed by atoms with E-state index in [0.717, 1.165) is 22.9 Å². The van der Waals surface area contributed by atoms with Crippen molar-refractivity contribution in [3.8, 4) is 23.0 Å². The molecule has 0 aliphatic heterocycles. The molecule has 212 valence electrons. The Morgan fingerprint density at radius 1 is 0.929 bits per heavy atom. The number of pyridine rings is 1. The van der Waals surface area contributed by atoms with Crippen molar-refractivity contribution in [3.05, 3.63) is 115 Å². The standard InChI is InChI=1S/C31H27N5O5S/c37-27(24-5-3-16-32-19-24)20-33-17-15-21-7-11-25(12-8-21)36-42(38,39)26-13-9-22(10-14-26)30-34-31(41-35-30)29-18-23-4-1-2-6-28(23)40-29/h1-14,16,18-19,27,33,36-37H,15,17,20H2. The number of benzene rings is 3. The van der Waals surface area contributed by atoms with Crippen molar-refractivity contribution in [2.24, 2.45) is 0 Å². The van der Waals surface area contributed by atoms with E-state index >= 15 is 0 Å². The Bertz CT molecular complexity index is 1850. The molecular formula is C31H27N5O5S. The van der Waals surface area contributed by atoms with Gasteiger partial charge in [-0.05, 0) is 73.1 Å². The largest absolute Gasteiger partial charge is 0.451 e. The van der Waals surface area contributed by atoms with Gasteiger partial charge in [0.05, 0.1) is 11.0 Å². The monoisotopic (exact) mass is 581 g/mol. The molecule has 0 radical (unpaired) electrons. The van der Waals surface area contributed by atoms with E-state index in [4.69, 9.17) is 8.94 Å². The first-order valence-electron chi connectivity index (χ1n) is 13.3. The van der Waals surface area contributed by atoms with Crippen LogP contribution in [0.4, 0.5) is 5.69 Å². The van der Waals surface area contributed by atoms with Crippen LogP contribution in [-0.2, 0) is 16.4 Å². The number of anilines is 1. The minimum atomic E-state index is -3.81. The van der Waals surface area contributed by atoms with Crippen LogP contribution in [-0.4, -0.2) is 41.7 Å². The number of nitrogens with zero attached hydrogens (tertiary/aromatic N) is 3. The van der Waals surface area contributed by atoms with E-state index in [1.807, 2.05) is 48.5 Å². The van der Waals surface area contributed by atoms with E-state index in [2.05, 4.69) is 25.2 Å². The van der Waals surface area contributed by atoms with Crippen LogP contribution in [0.25, 0.3) is 34.0 Å². The van der Waals surface area contributed by atoms with Crippen LogP contribution < -0.4 is 10.0 Å². The van der Waals surface area contributed by atoms with Gasteiger partial charge >= 0.3 is 0 Å². The summed E-state index contributed by atoms with van der Waals surface area (Å²) in [5.74, 6) is 1.01. The van der Waals surface area contributed by atoms with Crippen LogP contribution in [0.3, 0.4) is 0 Å². The minimum Gasteiger partial charge on any atom is -0.451 e. The second-order valence-electron chi connectivity index (χ2n) is 9.65. The molecule has 0 amide bonds.